The average molecular weight is 96.2 g/mol. The molecule has 0 saturated carbocycles. The van der Waals surface area contributed by atoms with Gasteiger partial charge >= 0.3 is 0 Å². The van der Waals surface area contributed by atoms with Crippen molar-refractivity contribution >= 4 is 0 Å². The molecular weight excluding hydrogens is 86.1 g/mol. The molecule has 0 unspecified atom stereocenters. The van der Waals surface area contributed by atoms with Gasteiger partial charge in [0, 0.05) is 0 Å². The van der Waals surface area contributed by atoms with Crippen LogP contribution >= 0.6 is 0 Å². The zero-order chi connectivity index (χ0) is 5.11. The standard InChI is InChI=1S/C6H10N/c1-7-5-3-2-4-6-7/h2-3H,1,4-6H2/q-1. The predicted molar refractivity (Wildman–Crippen MR) is 30.7 cm³/mol. The van der Waals surface area contributed by atoms with E-state index in [4.69, 9.17) is 0 Å². The van der Waals surface area contributed by atoms with Gasteiger partial charge in [0.15, 0.2) is 0 Å². The minimum Gasteiger partial charge on any atom is -0.456 e. The topological polar surface area (TPSA) is 3.24 Å². The molecule has 0 aliphatic carbocycles. The van der Waals surface area contributed by atoms with Gasteiger partial charge in [-0.15, -0.1) is 0 Å². The van der Waals surface area contributed by atoms with Crippen LogP contribution in [-0.2, 0) is 0 Å². The van der Waals surface area contributed by atoms with E-state index in [1.807, 2.05) is 0 Å². The van der Waals surface area contributed by atoms with Crippen molar-refractivity contribution < 1.29 is 0 Å². The lowest BCUT2D eigenvalue weighted by Gasteiger charge is -2.24. The van der Waals surface area contributed by atoms with Crippen molar-refractivity contribution in [1.82, 2.24) is 4.90 Å². The van der Waals surface area contributed by atoms with Crippen molar-refractivity contribution in [2.75, 3.05) is 13.1 Å². The van der Waals surface area contributed by atoms with E-state index in [1.165, 1.54) is 6.42 Å². The number of nitrogens with zero attached hydrogens (tertiary/aromatic N) is 1. The molecule has 1 aliphatic heterocycles. The lowest BCUT2D eigenvalue weighted by Crippen LogP contribution is -2.19. The second kappa shape index (κ2) is 2.12. The van der Waals surface area contributed by atoms with Crippen molar-refractivity contribution in [1.29, 1.82) is 0 Å². The zero-order valence-corrected chi connectivity index (χ0v) is 4.43. The Hall–Kier alpha value is -0.300. The highest BCUT2D eigenvalue weighted by Crippen LogP contribution is 1.96. The predicted octanol–water partition coefficient (Wildman–Crippen LogP) is 1.04. The van der Waals surface area contributed by atoms with Crippen LogP contribution in [0, 0.1) is 7.05 Å². The Morgan fingerprint density at radius 2 is 2.29 bits per heavy atom. The summed E-state index contributed by atoms with van der Waals surface area (Å²) in [6.45, 7) is 2.15. The maximum absolute atomic E-state index is 3.78. The fourth-order valence-electron chi connectivity index (χ4n) is 0.690. The molecule has 40 valence electrons. The van der Waals surface area contributed by atoms with Crippen molar-refractivity contribution in [2.45, 2.75) is 6.42 Å². The van der Waals surface area contributed by atoms with Gasteiger partial charge in [0.05, 0.1) is 0 Å². The molecule has 0 aromatic heterocycles. The lowest BCUT2D eigenvalue weighted by atomic mass is 10.3. The third-order valence-electron chi connectivity index (χ3n) is 1.14. The average Bonchev–Trinajstić information content (AvgIpc) is 1.69. The quantitative estimate of drug-likeness (QED) is 0.322. The Morgan fingerprint density at radius 3 is 2.57 bits per heavy atom. The Morgan fingerprint density at radius 1 is 1.43 bits per heavy atom. The maximum Gasteiger partial charge on any atom is -0.0117 e. The minimum atomic E-state index is 1.03. The summed E-state index contributed by atoms with van der Waals surface area (Å²) in [5, 5.41) is 0. The van der Waals surface area contributed by atoms with Crippen LogP contribution in [0.3, 0.4) is 0 Å². The number of hydrogen-bond acceptors (Lipinski definition) is 1. The Balaban J connectivity index is 2.32. The van der Waals surface area contributed by atoms with Crippen LogP contribution in [0.25, 0.3) is 0 Å². The largest absolute Gasteiger partial charge is 0.456 e. The fourth-order valence-corrected chi connectivity index (χ4v) is 0.690. The Bertz CT molecular complexity index is 76.2. The summed E-state index contributed by atoms with van der Waals surface area (Å²) in [6.07, 6.45) is 5.52. The van der Waals surface area contributed by atoms with Crippen LogP contribution in [0.1, 0.15) is 6.42 Å². The first-order chi connectivity index (χ1) is 3.39. The van der Waals surface area contributed by atoms with E-state index in [0.717, 1.165) is 13.1 Å². The molecular formula is C6H10N-. The molecule has 1 nitrogen and oxygen atoms in total. The molecule has 0 bridgehead atoms. The molecule has 0 saturated heterocycles. The Kier molecular flexibility index (Phi) is 1.47. The summed E-state index contributed by atoms with van der Waals surface area (Å²) in [4.78, 5) is 2.06. The zero-order valence-electron chi connectivity index (χ0n) is 4.43. The van der Waals surface area contributed by atoms with E-state index in [0.29, 0.717) is 0 Å². The second-order valence-electron chi connectivity index (χ2n) is 1.84. The molecule has 1 aliphatic rings. The van der Waals surface area contributed by atoms with Crippen LogP contribution < -0.4 is 0 Å². The SMILES string of the molecule is [CH2-]N1CC=CCC1. The molecule has 1 heteroatoms. The molecule has 1 heterocycles. The minimum absolute atomic E-state index is 1.03. The van der Waals surface area contributed by atoms with Gasteiger partial charge in [0.2, 0.25) is 0 Å². The lowest BCUT2D eigenvalue weighted by molar-refractivity contribution is 0.404. The monoisotopic (exact) mass is 96.1 g/mol. The van der Waals surface area contributed by atoms with Crippen molar-refractivity contribution in [3.05, 3.63) is 19.2 Å². The van der Waals surface area contributed by atoms with E-state index >= 15 is 0 Å². The molecule has 0 amide bonds. The summed E-state index contributed by atoms with van der Waals surface area (Å²) in [7, 11) is 3.78. The molecule has 0 fully saturated rings. The number of rotatable bonds is 0. The van der Waals surface area contributed by atoms with Crippen LogP contribution in [0.15, 0.2) is 12.2 Å². The van der Waals surface area contributed by atoms with Crippen LogP contribution in [0.4, 0.5) is 0 Å². The first-order valence-electron chi connectivity index (χ1n) is 2.60. The molecule has 0 radical (unpaired) electrons. The Labute approximate surface area is 44.6 Å². The third kappa shape index (κ3) is 1.32. The first kappa shape index (κ1) is 4.85. The van der Waals surface area contributed by atoms with Crippen LogP contribution in [0.2, 0.25) is 0 Å². The first-order valence-corrected chi connectivity index (χ1v) is 2.60. The van der Waals surface area contributed by atoms with Gasteiger partial charge in [0.1, 0.15) is 0 Å². The van der Waals surface area contributed by atoms with E-state index in [2.05, 4.69) is 24.1 Å². The fraction of sp³-hybridized carbons (Fsp3) is 0.500. The van der Waals surface area contributed by atoms with Crippen molar-refractivity contribution in [3.63, 3.8) is 0 Å². The molecule has 0 aromatic rings. The highest BCUT2D eigenvalue weighted by molar-refractivity contribution is 4.90. The van der Waals surface area contributed by atoms with Crippen LogP contribution in [0.5, 0.6) is 0 Å². The van der Waals surface area contributed by atoms with Crippen molar-refractivity contribution in [2.24, 2.45) is 0 Å². The third-order valence-corrected chi connectivity index (χ3v) is 1.14. The number of hydrogen-bond donors (Lipinski definition) is 0. The van der Waals surface area contributed by atoms with Gasteiger partial charge < -0.3 is 4.90 Å². The van der Waals surface area contributed by atoms with Gasteiger partial charge in [-0.2, -0.15) is 0 Å². The highest BCUT2D eigenvalue weighted by Gasteiger charge is 1.89. The summed E-state index contributed by atoms with van der Waals surface area (Å²) < 4.78 is 0. The van der Waals surface area contributed by atoms with Gasteiger partial charge in [0.25, 0.3) is 0 Å². The van der Waals surface area contributed by atoms with Crippen molar-refractivity contribution in [3.8, 4) is 0 Å². The molecule has 7 heavy (non-hydrogen) atoms. The summed E-state index contributed by atoms with van der Waals surface area (Å²) in [5.74, 6) is 0. The van der Waals surface area contributed by atoms with Gasteiger partial charge in [-0.05, 0) is 19.5 Å². The second-order valence-corrected chi connectivity index (χ2v) is 1.84. The molecule has 0 atom stereocenters. The van der Waals surface area contributed by atoms with E-state index in [-0.39, 0.29) is 0 Å². The normalized spacial score (nSPS) is 23.0. The van der Waals surface area contributed by atoms with Gasteiger partial charge in [-0.25, -0.2) is 0 Å². The highest BCUT2D eigenvalue weighted by atomic mass is 15.1. The molecule has 0 spiro atoms. The van der Waals surface area contributed by atoms with Gasteiger partial charge in [-0.3, -0.25) is 7.05 Å². The smallest absolute Gasteiger partial charge is 0.0117 e. The maximum atomic E-state index is 3.78. The van der Waals surface area contributed by atoms with E-state index < -0.39 is 0 Å². The summed E-state index contributed by atoms with van der Waals surface area (Å²) in [5.41, 5.74) is 0. The molecule has 0 N–H and O–H groups in total. The molecule has 1 rings (SSSR count). The van der Waals surface area contributed by atoms with Gasteiger partial charge in [-0.1, -0.05) is 12.2 Å². The summed E-state index contributed by atoms with van der Waals surface area (Å²) in [6, 6.07) is 0. The van der Waals surface area contributed by atoms with E-state index in [9.17, 15) is 0 Å². The molecule has 0 aromatic carbocycles. The van der Waals surface area contributed by atoms with Crippen LogP contribution in [-0.4, -0.2) is 18.0 Å². The van der Waals surface area contributed by atoms with E-state index in [1.54, 1.807) is 0 Å². The summed E-state index contributed by atoms with van der Waals surface area (Å²) >= 11 is 0.